The van der Waals surface area contributed by atoms with E-state index in [0.29, 0.717) is 16.7 Å². The van der Waals surface area contributed by atoms with Gasteiger partial charge in [0, 0.05) is 14.1 Å². The Kier molecular flexibility index (Phi) is 2.90. The number of hydrogen-bond acceptors (Lipinski definition) is 4. The van der Waals surface area contributed by atoms with Crippen LogP contribution in [0.25, 0.3) is 16.9 Å². The Hall–Kier alpha value is -2.76. The molecule has 0 saturated heterocycles. The van der Waals surface area contributed by atoms with Gasteiger partial charge < -0.3 is 4.90 Å². The smallest absolute Gasteiger partial charge is 0.255 e. The molecule has 2 aromatic heterocycles. The van der Waals surface area contributed by atoms with Crippen molar-refractivity contribution in [3.8, 4) is 5.69 Å². The van der Waals surface area contributed by atoms with Gasteiger partial charge in [-0.3, -0.25) is 9.36 Å². The standard InChI is InChI=1S/C14H13N5O/c1-18(2)14(20)10-5-3-4-6-12(10)19-9-17-11-7-15-8-16-13(11)19/h3-9H,1-2H3. The second-order valence-electron chi connectivity index (χ2n) is 4.56. The highest BCUT2D eigenvalue weighted by atomic mass is 16.2. The molecule has 0 spiro atoms. The minimum absolute atomic E-state index is 0.0588. The summed E-state index contributed by atoms with van der Waals surface area (Å²) in [5.41, 5.74) is 2.74. The van der Waals surface area contributed by atoms with E-state index >= 15 is 0 Å². The molecule has 6 heteroatoms. The Balaban J connectivity index is 2.22. The number of amides is 1. The first-order valence-corrected chi connectivity index (χ1v) is 6.12. The largest absolute Gasteiger partial charge is 0.345 e. The molecule has 6 nitrogen and oxygen atoms in total. The lowest BCUT2D eigenvalue weighted by atomic mass is 10.1. The van der Waals surface area contributed by atoms with Crippen molar-refractivity contribution in [2.24, 2.45) is 0 Å². The molecule has 0 unspecified atom stereocenters. The summed E-state index contributed by atoms with van der Waals surface area (Å²) in [6.45, 7) is 0. The van der Waals surface area contributed by atoms with Gasteiger partial charge in [0.2, 0.25) is 0 Å². The van der Waals surface area contributed by atoms with Crippen LogP contribution in [0.15, 0.2) is 43.1 Å². The number of rotatable bonds is 2. The predicted octanol–water partition coefficient (Wildman–Crippen LogP) is 1.52. The summed E-state index contributed by atoms with van der Waals surface area (Å²) in [7, 11) is 3.46. The third kappa shape index (κ3) is 1.91. The number of imidazole rings is 1. The van der Waals surface area contributed by atoms with Gasteiger partial charge in [0.15, 0.2) is 5.65 Å². The van der Waals surface area contributed by atoms with Crippen molar-refractivity contribution in [2.75, 3.05) is 14.1 Å². The summed E-state index contributed by atoms with van der Waals surface area (Å²) in [5.74, 6) is -0.0588. The highest BCUT2D eigenvalue weighted by molar-refractivity contribution is 5.98. The number of aromatic nitrogens is 4. The number of nitrogens with zero attached hydrogens (tertiary/aromatic N) is 5. The van der Waals surface area contributed by atoms with Crippen LogP contribution in [0, 0.1) is 0 Å². The summed E-state index contributed by atoms with van der Waals surface area (Å²) in [5, 5.41) is 0. The van der Waals surface area contributed by atoms with Gasteiger partial charge in [0.05, 0.1) is 17.4 Å². The number of fused-ring (bicyclic) bond motifs is 1. The van der Waals surface area contributed by atoms with Gasteiger partial charge in [-0.15, -0.1) is 0 Å². The van der Waals surface area contributed by atoms with E-state index in [1.54, 1.807) is 42.2 Å². The average Bonchev–Trinajstić information content (AvgIpc) is 2.90. The quantitative estimate of drug-likeness (QED) is 0.706. The number of hydrogen-bond donors (Lipinski definition) is 0. The summed E-state index contributed by atoms with van der Waals surface area (Å²) in [6, 6.07) is 7.40. The zero-order chi connectivity index (χ0) is 14.1. The molecule has 1 aromatic carbocycles. The third-order valence-electron chi connectivity index (χ3n) is 3.01. The van der Waals surface area contributed by atoms with E-state index in [0.717, 1.165) is 5.69 Å². The Bertz CT molecular complexity index is 778. The van der Waals surface area contributed by atoms with Gasteiger partial charge in [-0.1, -0.05) is 12.1 Å². The molecule has 0 fully saturated rings. The molecule has 20 heavy (non-hydrogen) atoms. The normalized spacial score (nSPS) is 10.7. The molecular formula is C14H13N5O. The van der Waals surface area contributed by atoms with E-state index < -0.39 is 0 Å². The Morgan fingerprint density at radius 1 is 1.20 bits per heavy atom. The molecule has 1 amide bonds. The number of carbonyl (C=O) groups is 1. The third-order valence-corrected chi connectivity index (χ3v) is 3.01. The lowest BCUT2D eigenvalue weighted by Crippen LogP contribution is -2.23. The highest BCUT2D eigenvalue weighted by Crippen LogP contribution is 2.19. The van der Waals surface area contributed by atoms with Crippen LogP contribution in [-0.4, -0.2) is 44.4 Å². The van der Waals surface area contributed by atoms with E-state index in [1.165, 1.54) is 6.33 Å². The molecule has 0 aliphatic heterocycles. The van der Waals surface area contributed by atoms with Crippen LogP contribution >= 0.6 is 0 Å². The summed E-state index contributed by atoms with van der Waals surface area (Å²) >= 11 is 0. The van der Waals surface area contributed by atoms with Gasteiger partial charge in [0.25, 0.3) is 5.91 Å². The van der Waals surface area contributed by atoms with Gasteiger partial charge >= 0.3 is 0 Å². The Morgan fingerprint density at radius 2 is 2.00 bits per heavy atom. The highest BCUT2D eigenvalue weighted by Gasteiger charge is 2.16. The zero-order valence-corrected chi connectivity index (χ0v) is 11.2. The van der Waals surface area contributed by atoms with E-state index in [4.69, 9.17) is 0 Å². The molecule has 0 atom stereocenters. The van der Waals surface area contributed by atoms with Crippen LogP contribution in [-0.2, 0) is 0 Å². The van der Waals surface area contributed by atoms with Crippen molar-refractivity contribution >= 4 is 17.1 Å². The van der Waals surface area contributed by atoms with E-state index in [9.17, 15) is 4.79 Å². The van der Waals surface area contributed by atoms with Crippen LogP contribution in [0.4, 0.5) is 0 Å². The van der Waals surface area contributed by atoms with E-state index in [1.807, 2.05) is 18.2 Å². The molecule has 0 aliphatic carbocycles. The molecule has 0 N–H and O–H groups in total. The fourth-order valence-corrected chi connectivity index (χ4v) is 2.05. The molecule has 3 rings (SSSR count). The number of carbonyl (C=O) groups excluding carboxylic acids is 1. The van der Waals surface area contributed by atoms with Crippen LogP contribution in [0.5, 0.6) is 0 Å². The predicted molar refractivity (Wildman–Crippen MR) is 74.7 cm³/mol. The minimum atomic E-state index is -0.0588. The van der Waals surface area contributed by atoms with Crippen LogP contribution in [0.3, 0.4) is 0 Å². The van der Waals surface area contributed by atoms with Gasteiger partial charge in [-0.2, -0.15) is 0 Å². The van der Waals surface area contributed by atoms with Gasteiger partial charge in [0.1, 0.15) is 18.2 Å². The van der Waals surface area contributed by atoms with Crippen molar-refractivity contribution in [1.29, 1.82) is 0 Å². The van der Waals surface area contributed by atoms with Crippen molar-refractivity contribution in [3.05, 3.63) is 48.7 Å². The van der Waals surface area contributed by atoms with E-state index in [2.05, 4.69) is 15.0 Å². The Labute approximate surface area is 115 Å². The zero-order valence-electron chi connectivity index (χ0n) is 11.2. The molecule has 0 bridgehead atoms. The topological polar surface area (TPSA) is 63.9 Å². The maximum absolute atomic E-state index is 12.3. The lowest BCUT2D eigenvalue weighted by Gasteiger charge is -2.14. The Morgan fingerprint density at radius 3 is 2.80 bits per heavy atom. The molecule has 0 radical (unpaired) electrons. The number of para-hydroxylation sites is 1. The number of benzene rings is 1. The first-order chi connectivity index (χ1) is 9.68. The van der Waals surface area contributed by atoms with Crippen molar-refractivity contribution < 1.29 is 4.79 Å². The minimum Gasteiger partial charge on any atom is -0.345 e. The summed E-state index contributed by atoms with van der Waals surface area (Å²) in [6.07, 6.45) is 4.77. The second-order valence-corrected chi connectivity index (χ2v) is 4.56. The second kappa shape index (κ2) is 4.73. The molecule has 2 heterocycles. The molecule has 0 aliphatic rings. The van der Waals surface area contributed by atoms with Gasteiger partial charge in [-0.25, -0.2) is 15.0 Å². The van der Waals surface area contributed by atoms with Crippen molar-refractivity contribution in [2.45, 2.75) is 0 Å². The fraction of sp³-hybridized carbons (Fsp3) is 0.143. The summed E-state index contributed by atoms with van der Waals surface area (Å²) in [4.78, 5) is 26.2. The molecular weight excluding hydrogens is 254 g/mol. The maximum atomic E-state index is 12.3. The average molecular weight is 267 g/mol. The van der Waals surface area contributed by atoms with Crippen LogP contribution in [0.2, 0.25) is 0 Å². The first-order valence-electron chi connectivity index (χ1n) is 6.12. The van der Waals surface area contributed by atoms with Crippen molar-refractivity contribution in [3.63, 3.8) is 0 Å². The summed E-state index contributed by atoms with van der Waals surface area (Å²) < 4.78 is 1.80. The van der Waals surface area contributed by atoms with Crippen LogP contribution in [0.1, 0.15) is 10.4 Å². The monoisotopic (exact) mass is 267 g/mol. The SMILES string of the molecule is CN(C)C(=O)c1ccccc1-n1cnc2cncnc21. The molecule has 100 valence electrons. The van der Waals surface area contributed by atoms with Gasteiger partial charge in [-0.05, 0) is 12.1 Å². The molecule has 0 saturated carbocycles. The van der Waals surface area contributed by atoms with E-state index in [-0.39, 0.29) is 5.91 Å². The molecule has 3 aromatic rings. The van der Waals surface area contributed by atoms with Crippen molar-refractivity contribution in [1.82, 2.24) is 24.4 Å². The van der Waals surface area contributed by atoms with Crippen LogP contribution < -0.4 is 0 Å². The fourth-order valence-electron chi connectivity index (χ4n) is 2.05. The lowest BCUT2D eigenvalue weighted by molar-refractivity contribution is 0.0827. The maximum Gasteiger partial charge on any atom is 0.255 e. The first kappa shape index (κ1) is 12.3.